The van der Waals surface area contributed by atoms with Crippen LogP contribution in [0.5, 0.6) is 5.75 Å². The Morgan fingerprint density at radius 1 is 1.40 bits per heavy atom. The van der Waals surface area contributed by atoms with Crippen molar-refractivity contribution in [2.45, 2.75) is 25.2 Å². The molecule has 20 heavy (non-hydrogen) atoms. The van der Waals surface area contributed by atoms with Gasteiger partial charge in [-0.25, -0.2) is 17.4 Å². The third kappa shape index (κ3) is 2.96. The van der Waals surface area contributed by atoms with Crippen molar-refractivity contribution in [1.82, 2.24) is 8.96 Å². The normalized spacial score (nSPS) is 11.6. The van der Waals surface area contributed by atoms with E-state index in [0.29, 0.717) is 23.1 Å². The third-order valence-electron chi connectivity index (χ3n) is 2.63. The number of imidazole rings is 1. The highest BCUT2D eigenvalue weighted by molar-refractivity contribution is 7.90. The summed E-state index contributed by atoms with van der Waals surface area (Å²) < 4.78 is 31.3. The predicted molar refractivity (Wildman–Crippen MR) is 76.8 cm³/mol. The van der Waals surface area contributed by atoms with Gasteiger partial charge >= 0.3 is 0 Å². The Bertz CT molecular complexity index is 710. The zero-order valence-electron chi connectivity index (χ0n) is 11.2. The van der Waals surface area contributed by atoms with Crippen molar-refractivity contribution in [3.05, 3.63) is 41.4 Å². The van der Waals surface area contributed by atoms with Gasteiger partial charge in [-0.2, -0.15) is 0 Å². The monoisotopic (exact) mass is 314 g/mol. The van der Waals surface area contributed by atoms with Crippen LogP contribution in [-0.2, 0) is 10.0 Å². The zero-order valence-corrected chi connectivity index (χ0v) is 12.8. The average Bonchev–Trinajstić information content (AvgIpc) is 2.85. The maximum atomic E-state index is 12.4. The maximum Gasteiger partial charge on any atom is 0.269 e. The molecule has 0 unspecified atom stereocenters. The number of aryl methyl sites for hydroxylation is 1. The Morgan fingerprint density at radius 2 is 2.15 bits per heavy atom. The molecule has 0 aliphatic carbocycles. The van der Waals surface area contributed by atoms with Crippen molar-refractivity contribution in [3.8, 4) is 5.75 Å². The summed E-state index contributed by atoms with van der Waals surface area (Å²) in [6, 6.07) is 4.40. The van der Waals surface area contributed by atoms with Gasteiger partial charge in [0.25, 0.3) is 10.0 Å². The lowest BCUT2D eigenvalue weighted by Gasteiger charge is -2.10. The van der Waals surface area contributed by atoms with E-state index in [9.17, 15) is 8.42 Å². The lowest BCUT2D eigenvalue weighted by Crippen LogP contribution is -2.11. The van der Waals surface area contributed by atoms with Gasteiger partial charge in [0.15, 0.2) is 0 Å². The highest BCUT2D eigenvalue weighted by atomic mass is 35.5. The summed E-state index contributed by atoms with van der Waals surface area (Å²) in [7, 11) is -3.67. The highest BCUT2D eigenvalue weighted by Crippen LogP contribution is 2.28. The van der Waals surface area contributed by atoms with Gasteiger partial charge < -0.3 is 4.74 Å². The molecule has 0 saturated heterocycles. The first kappa shape index (κ1) is 14.9. The molecule has 0 atom stereocenters. The van der Waals surface area contributed by atoms with Crippen molar-refractivity contribution in [2.75, 3.05) is 6.61 Å². The maximum absolute atomic E-state index is 12.4. The van der Waals surface area contributed by atoms with Crippen molar-refractivity contribution in [2.24, 2.45) is 0 Å². The first-order chi connectivity index (χ1) is 9.45. The summed E-state index contributed by atoms with van der Waals surface area (Å²) in [5, 5.41) is 0.388. The Kier molecular flexibility index (Phi) is 4.35. The van der Waals surface area contributed by atoms with Crippen molar-refractivity contribution in [1.29, 1.82) is 0 Å². The van der Waals surface area contributed by atoms with E-state index in [1.807, 2.05) is 6.92 Å². The highest BCUT2D eigenvalue weighted by Gasteiger charge is 2.18. The van der Waals surface area contributed by atoms with Crippen LogP contribution in [0.15, 0.2) is 35.6 Å². The summed E-state index contributed by atoms with van der Waals surface area (Å²) in [5.41, 5.74) is 0.630. The molecule has 5 nitrogen and oxygen atoms in total. The second-order valence-electron chi connectivity index (χ2n) is 4.29. The second-order valence-corrected chi connectivity index (χ2v) is 6.54. The van der Waals surface area contributed by atoms with Gasteiger partial charge in [-0.05, 0) is 25.5 Å². The van der Waals surface area contributed by atoms with Gasteiger partial charge in [0.1, 0.15) is 12.1 Å². The van der Waals surface area contributed by atoms with E-state index in [1.54, 1.807) is 6.92 Å². The molecule has 0 N–H and O–H groups in total. The number of hydrogen-bond acceptors (Lipinski definition) is 4. The largest absolute Gasteiger partial charge is 0.492 e. The van der Waals surface area contributed by atoms with Gasteiger partial charge in [0.05, 0.1) is 22.2 Å². The molecule has 0 saturated carbocycles. The second kappa shape index (κ2) is 5.85. The minimum absolute atomic E-state index is 0.116. The van der Waals surface area contributed by atoms with Gasteiger partial charge in [0.2, 0.25) is 0 Å². The van der Waals surface area contributed by atoms with Crippen LogP contribution in [0.3, 0.4) is 0 Å². The van der Waals surface area contributed by atoms with Crippen LogP contribution in [-0.4, -0.2) is 24.0 Å². The molecule has 0 spiro atoms. The molecular formula is C13H15ClN2O3S. The molecule has 0 fully saturated rings. The smallest absolute Gasteiger partial charge is 0.269 e. The van der Waals surface area contributed by atoms with E-state index < -0.39 is 10.0 Å². The molecule has 0 bridgehead atoms. The first-order valence-electron chi connectivity index (χ1n) is 6.13. The van der Waals surface area contributed by atoms with Crippen LogP contribution in [0.1, 0.15) is 19.0 Å². The van der Waals surface area contributed by atoms with Crippen LogP contribution in [0.25, 0.3) is 0 Å². The molecule has 1 aromatic carbocycles. The summed E-state index contributed by atoms with van der Waals surface area (Å²) in [5.74, 6) is 0.367. The predicted octanol–water partition coefficient (Wildman–Crippen LogP) is 2.87. The van der Waals surface area contributed by atoms with Crippen LogP contribution < -0.4 is 4.74 Å². The standard InChI is InChI=1S/C13H15ClN2O3S/c1-3-6-19-13-7-11(4-5-12(13)14)20(17,18)16-8-10(2)15-9-16/h4-5,7-9H,3,6H2,1-2H3. The molecular weight excluding hydrogens is 300 g/mol. The van der Waals surface area contributed by atoms with E-state index in [4.69, 9.17) is 16.3 Å². The van der Waals surface area contributed by atoms with E-state index in [1.165, 1.54) is 30.7 Å². The van der Waals surface area contributed by atoms with E-state index in [-0.39, 0.29) is 4.90 Å². The number of hydrogen-bond donors (Lipinski definition) is 0. The average molecular weight is 315 g/mol. The van der Waals surface area contributed by atoms with Crippen molar-refractivity contribution >= 4 is 21.6 Å². The summed E-state index contributed by atoms with van der Waals surface area (Å²) in [4.78, 5) is 4.04. The van der Waals surface area contributed by atoms with Crippen molar-refractivity contribution < 1.29 is 13.2 Å². The Hall–Kier alpha value is -1.53. The van der Waals surface area contributed by atoms with Gasteiger partial charge in [0, 0.05) is 12.3 Å². The molecule has 7 heteroatoms. The third-order valence-corrected chi connectivity index (χ3v) is 4.55. The van der Waals surface area contributed by atoms with Crippen molar-refractivity contribution in [3.63, 3.8) is 0 Å². The van der Waals surface area contributed by atoms with Gasteiger partial charge in [-0.1, -0.05) is 18.5 Å². The number of halogens is 1. The molecule has 1 heterocycles. The van der Waals surface area contributed by atoms with Gasteiger partial charge in [-0.15, -0.1) is 0 Å². The number of rotatable bonds is 5. The lowest BCUT2D eigenvalue weighted by atomic mass is 10.3. The molecule has 0 amide bonds. The fourth-order valence-electron chi connectivity index (χ4n) is 1.62. The summed E-state index contributed by atoms with van der Waals surface area (Å²) in [6.45, 7) is 4.17. The molecule has 108 valence electrons. The number of aromatic nitrogens is 2. The van der Waals surface area contributed by atoms with E-state index in [2.05, 4.69) is 4.98 Å². The fourth-order valence-corrected chi connectivity index (χ4v) is 2.99. The van der Waals surface area contributed by atoms with E-state index >= 15 is 0 Å². The molecule has 0 aliphatic heterocycles. The summed E-state index contributed by atoms with van der Waals surface area (Å²) in [6.07, 6.45) is 3.54. The van der Waals surface area contributed by atoms with Crippen LogP contribution in [0, 0.1) is 6.92 Å². The molecule has 0 radical (unpaired) electrons. The Balaban J connectivity index is 2.42. The SMILES string of the molecule is CCCOc1cc(S(=O)(=O)n2cnc(C)c2)ccc1Cl. The Labute approximate surface area is 123 Å². The first-order valence-corrected chi connectivity index (χ1v) is 7.95. The fraction of sp³-hybridized carbons (Fsp3) is 0.308. The molecule has 0 aliphatic rings. The van der Waals surface area contributed by atoms with Crippen LogP contribution in [0.4, 0.5) is 0 Å². The Morgan fingerprint density at radius 3 is 2.75 bits per heavy atom. The quantitative estimate of drug-likeness (QED) is 0.851. The number of nitrogens with zero attached hydrogens (tertiary/aromatic N) is 2. The zero-order chi connectivity index (χ0) is 14.8. The minimum atomic E-state index is -3.67. The molecule has 2 rings (SSSR count). The lowest BCUT2D eigenvalue weighted by molar-refractivity contribution is 0.317. The number of ether oxygens (including phenoxy) is 1. The topological polar surface area (TPSA) is 61.2 Å². The summed E-state index contributed by atoms with van der Waals surface area (Å²) >= 11 is 5.99. The molecule has 2 aromatic rings. The van der Waals surface area contributed by atoms with E-state index in [0.717, 1.165) is 10.4 Å². The van der Waals surface area contributed by atoms with Crippen LogP contribution >= 0.6 is 11.6 Å². The molecule has 1 aromatic heterocycles. The minimum Gasteiger partial charge on any atom is -0.492 e. The van der Waals surface area contributed by atoms with Crippen LogP contribution in [0.2, 0.25) is 5.02 Å². The van der Waals surface area contributed by atoms with Gasteiger partial charge in [-0.3, -0.25) is 0 Å². The number of benzene rings is 1.